The first-order valence-electron chi connectivity index (χ1n) is 3.77. The second-order valence-corrected chi connectivity index (χ2v) is 5.10. The van der Waals surface area contributed by atoms with Gasteiger partial charge < -0.3 is 10.8 Å². The van der Waals surface area contributed by atoms with Crippen LogP contribution >= 0.6 is 47.8 Å². The van der Waals surface area contributed by atoms with E-state index in [2.05, 4.69) is 47.8 Å². The summed E-state index contributed by atoms with van der Waals surface area (Å²) in [5.41, 5.74) is 5.45. The lowest BCUT2D eigenvalue weighted by Crippen LogP contribution is -2.05. The lowest BCUT2D eigenvalue weighted by atomic mass is 10.2. The smallest absolute Gasteiger partial charge is 0.241 e. The molecule has 0 spiro atoms. The zero-order chi connectivity index (χ0) is 11.6. The predicted molar refractivity (Wildman–Crippen MR) is 69.4 cm³/mol. The van der Waals surface area contributed by atoms with E-state index in [0.717, 1.165) is 4.47 Å². The molecule has 0 atom stereocenters. The molecule has 0 aliphatic carbocycles. The largest absolute Gasteiger partial charge is 0.506 e. The van der Waals surface area contributed by atoms with Gasteiger partial charge in [-0.25, -0.2) is 0 Å². The average Bonchev–Trinajstić information content (AvgIpc) is 2.18. The van der Waals surface area contributed by atoms with Crippen LogP contribution in [0.4, 0.5) is 0 Å². The quantitative estimate of drug-likeness (QED) is 0.592. The fraction of sp³-hybridized carbons (Fsp3) is 0. The van der Waals surface area contributed by atoms with Gasteiger partial charge in [-0.2, -0.15) is 0 Å². The van der Waals surface area contributed by atoms with Crippen molar-refractivity contribution in [3.63, 3.8) is 0 Å². The van der Waals surface area contributed by atoms with Crippen molar-refractivity contribution in [2.75, 3.05) is 0 Å². The van der Waals surface area contributed by atoms with Crippen molar-refractivity contribution < 1.29 is 9.90 Å². The van der Waals surface area contributed by atoms with Gasteiger partial charge in [-0.15, -0.1) is 0 Å². The Hall–Kier alpha value is -0.330. The van der Waals surface area contributed by atoms with Crippen molar-refractivity contribution in [2.24, 2.45) is 5.73 Å². The van der Waals surface area contributed by atoms with Gasteiger partial charge in [0.2, 0.25) is 5.91 Å². The minimum absolute atomic E-state index is 0.0441. The van der Waals surface area contributed by atoms with Crippen LogP contribution in [0.2, 0.25) is 0 Å². The van der Waals surface area contributed by atoms with Crippen molar-refractivity contribution in [2.45, 2.75) is 0 Å². The van der Waals surface area contributed by atoms with E-state index in [9.17, 15) is 9.90 Å². The van der Waals surface area contributed by atoms with Gasteiger partial charge in [0.15, 0.2) is 0 Å². The molecule has 0 saturated carbocycles. The number of halogens is 3. The second-order valence-electron chi connectivity index (χ2n) is 2.66. The third kappa shape index (κ3) is 3.06. The molecule has 0 aromatic heterocycles. The summed E-state index contributed by atoms with van der Waals surface area (Å²) in [6, 6.07) is 1.67. The molecule has 0 heterocycles. The van der Waals surface area contributed by atoms with E-state index in [1.54, 1.807) is 6.07 Å². The molecule has 1 rings (SSSR count). The van der Waals surface area contributed by atoms with Crippen LogP contribution in [0, 0.1) is 0 Å². The Morgan fingerprint density at radius 2 is 1.93 bits per heavy atom. The van der Waals surface area contributed by atoms with Crippen molar-refractivity contribution in [3.05, 3.63) is 31.1 Å². The van der Waals surface area contributed by atoms with E-state index in [1.807, 2.05) is 0 Å². The molecular weight excluding hydrogens is 394 g/mol. The van der Waals surface area contributed by atoms with Crippen molar-refractivity contribution in [1.29, 1.82) is 0 Å². The Labute approximate surface area is 112 Å². The highest BCUT2D eigenvalue weighted by Gasteiger charge is 2.10. The van der Waals surface area contributed by atoms with Gasteiger partial charge >= 0.3 is 0 Å². The van der Waals surface area contributed by atoms with Gasteiger partial charge in [-0.1, -0.05) is 0 Å². The summed E-state index contributed by atoms with van der Waals surface area (Å²) >= 11 is 9.79. The molecule has 6 heteroatoms. The molecule has 80 valence electrons. The van der Waals surface area contributed by atoms with Crippen LogP contribution in [-0.2, 0) is 4.79 Å². The monoisotopic (exact) mass is 397 g/mol. The number of benzene rings is 1. The molecular formula is C9H6Br3NO2. The van der Waals surface area contributed by atoms with Crippen LogP contribution in [-0.4, -0.2) is 11.0 Å². The number of amides is 1. The maximum Gasteiger partial charge on any atom is 0.241 e. The molecule has 1 aromatic rings. The van der Waals surface area contributed by atoms with Crippen LogP contribution in [0.5, 0.6) is 5.75 Å². The highest BCUT2D eigenvalue weighted by molar-refractivity contribution is 9.14. The van der Waals surface area contributed by atoms with Crippen LogP contribution in [0.15, 0.2) is 25.6 Å². The molecule has 0 aliphatic heterocycles. The molecule has 15 heavy (non-hydrogen) atoms. The Bertz CT molecular complexity index is 443. The maximum atomic E-state index is 10.5. The van der Waals surface area contributed by atoms with E-state index >= 15 is 0 Å². The van der Waals surface area contributed by atoms with Gasteiger partial charge in [0, 0.05) is 20.6 Å². The molecule has 3 N–H and O–H groups in total. The third-order valence-corrected chi connectivity index (χ3v) is 4.88. The zero-order valence-corrected chi connectivity index (χ0v) is 12.1. The number of carbonyl (C=O) groups excluding carboxylic acids is 1. The molecule has 0 saturated heterocycles. The van der Waals surface area contributed by atoms with E-state index in [4.69, 9.17) is 5.73 Å². The number of hydrogen-bond acceptors (Lipinski definition) is 2. The van der Waals surface area contributed by atoms with Crippen molar-refractivity contribution in [3.8, 4) is 5.75 Å². The minimum Gasteiger partial charge on any atom is -0.506 e. The van der Waals surface area contributed by atoms with Crippen LogP contribution in [0.25, 0.3) is 6.08 Å². The zero-order valence-electron chi connectivity index (χ0n) is 7.30. The predicted octanol–water partition coefficient (Wildman–Crippen LogP) is 3.18. The molecule has 0 fully saturated rings. The summed E-state index contributed by atoms with van der Waals surface area (Å²) in [6.07, 6.45) is 2.63. The summed E-state index contributed by atoms with van der Waals surface area (Å²) < 4.78 is 1.98. The Kier molecular flexibility index (Phi) is 4.36. The molecule has 0 radical (unpaired) electrons. The summed E-state index contributed by atoms with van der Waals surface area (Å²) in [5.74, 6) is -0.521. The van der Waals surface area contributed by atoms with E-state index in [0.29, 0.717) is 14.5 Å². The number of phenolic OH excluding ortho intramolecular Hbond substituents is 1. The van der Waals surface area contributed by atoms with Gasteiger partial charge in [-0.05, 0) is 59.9 Å². The number of aromatic hydroxyl groups is 1. The standard InChI is InChI=1S/C9H6Br3NO2/c10-5-3-4(1-2-6(13)14)9(15)8(12)7(5)11/h1-3,15H,(H2,13,14)/b2-1+. The summed E-state index contributed by atoms with van der Waals surface area (Å²) in [4.78, 5) is 10.5. The highest BCUT2D eigenvalue weighted by Crippen LogP contribution is 2.40. The number of nitrogens with two attached hydrogens (primary N) is 1. The fourth-order valence-corrected chi connectivity index (χ4v) is 2.36. The lowest BCUT2D eigenvalue weighted by Gasteiger charge is -2.06. The maximum absolute atomic E-state index is 10.5. The number of primary amides is 1. The SMILES string of the molecule is NC(=O)/C=C/c1cc(Br)c(Br)c(Br)c1O. The average molecular weight is 400 g/mol. The van der Waals surface area contributed by atoms with Crippen molar-refractivity contribution in [1.82, 2.24) is 0 Å². The summed E-state index contributed by atoms with van der Waals surface area (Å²) in [7, 11) is 0. The molecule has 1 aromatic carbocycles. The lowest BCUT2D eigenvalue weighted by molar-refractivity contribution is -0.113. The van der Waals surface area contributed by atoms with Gasteiger partial charge in [0.25, 0.3) is 0 Å². The third-order valence-electron chi connectivity index (χ3n) is 1.59. The second kappa shape index (κ2) is 5.14. The molecule has 0 bridgehead atoms. The van der Waals surface area contributed by atoms with Crippen molar-refractivity contribution >= 4 is 59.8 Å². The van der Waals surface area contributed by atoms with Crippen LogP contribution < -0.4 is 5.73 Å². The van der Waals surface area contributed by atoms with Crippen LogP contribution in [0.1, 0.15) is 5.56 Å². The minimum atomic E-state index is -0.565. The number of phenols is 1. The first-order chi connectivity index (χ1) is 6.93. The molecule has 0 unspecified atom stereocenters. The van der Waals surface area contributed by atoms with Gasteiger partial charge in [-0.3, -0.25) is 4.79 Å². The first kappa shape index (κ1) is 12.7. The van der Waals surface area contributed by atoms with Crippen LogP contribution in [0.3, 0.4) is 0 Å². The molecule has 1 amide bonds. The topological polar surface area (TPSA) is 63.3 Å². The Balaban J connectivity index is 3.26. The number of hydrogen-bond donors (Lipinski definition) is 2. The molecule has 3 nitrogen and oxygen atoms in total. The van der Waals surface area contributed by atoms with E-state index < -0.39 is 5.91 Å². The summed E-state index contributed by atoms with van der Waals surface area (Å²) in [6.45, 7) is 0. The normalized spacial score (nSPS) is 10.9. The van der Waals surface area contributed by atoms with Gasteiger partial charge in [0.05, 0.1) is 4.47 Å². The van der Waals surface area contributed by atoms with E-state index in [-0.39, 0.29) is 5.75 Å². The highest BCUT2D eigenvalue weighted by atomic mass is 79.9. The first-order valence-corrected chi connectivity index (χ1v) is 6.15. The van der Waals surface area contributed by atoms with Gasteiger partial charge in [0.1, 0.15) is 5.75 Å². The van der Waals surface area contributed by atoms with E-state index in [1.165, 1.54) is 12.2 Å². The Morgan fingerprint density at radius 1 is 1.33 bits per heavy atom. The summed E-state index contributed by atoms with van der Waals surface area (Å²) in [5, 5.41) is 9.71. The molecule has 0 aliphatic rings. The fourth-order valence-electron chi connectivity index (χ4n) is 0.903. The Morgan fingerprint density at radius 3 is 2.47 bits per heavy atom. The number of carbonyl (C=O) groups is 1. The number of rotatable bonds is 2.